The van der Waals surface area contributed by atoms with Gasteiger partial charge >= 0.3 is 5.97 Å². The molecule has 0 aliphatic carbocycles. The number of nitro benzene ring substituents is 2. The lowest BCUT2D eigenvalue weighted by atomic mass is 10.1. The normalized spacial score (nSPS) is 10.2. The molecule has 0 spiro atoms. The number of non-ortho nitro benzene ring substituents is 2. The second-order valence-corrected chi connectivity index (χ2v) is 4.96. The number of nitro groups is 2. The summed E-state index contributed by atoms with van der Waals surface area (Å²) in [5.74, 6) is -1.08. The Hall–Kier alpha value is -3.49. The molecule has 0 bridgehead atoms. The van der Waals surface area contributed by atoms with Crippen molar-refractivity contribution < 1.29 is 19.7 Å². The summed E-state index contributed by atoms with van der Waals surface area (Å²) < 4.78 is 0. The summed E-state index contributed by atoms with van der Waals surface area (Å²) in [6, 6.07) is 11.9. The van der Waals surface area contributed by atoms with Crippen molar-refractivity contribution in [2.24, 2.45) is 0 Å². The van der Waals surface area contributed by atoms with Gasteiger partial charge in [-0.25, -0.2) is 0 Å². The fourth-order valence-electron chi connectivity index (χ4n) is 2.22. The highest BCUT2D eigenvalue weighted by Gasteiger charge is 2.19. The van der Waals surface area contributed by atoms with Crippen LogP contribution < -0.4 is 4.90 Å². The summed E-state index contributed by atoms with van der Waals surface area (Å²) in [6.07, 6.45) is 0. The van der Waals surface area contributed by atoms with Crippen molar-refractivity contribution in [2.45, 2.75) is 6.54 Å². The minimum absolute atomic E-state index is 0.0150. The number of benzene rings is 2. The minimum Gasteiger partial charge on any atom is -0.480 e. The zero-order valence-corrected chi connectivity index (χ0v) is 12.4. The van der Waals surface area contributed by atoms with Crippen LogP contribution in [0.2, 0.25) is 0 Å². The summed E-state index contributed by atoms with van der Waals surface area (Å²) in [4.78, 5) is 33.0. The number of nitrogens with zero attached hydrogens (tertiary/aromatic N) is 3. The van der Waals surface area contributed by atoms with Gasteiger partial charge in [-0.2, -0.15) is 0 Å². The molecule has 2 rings (SSSR count). The third-order valence-electron chi connectivity index (χ3n) is 3.20. The molecule has 0 radical (unpaired) electrons. The molecule has 0 unspecified atom stereocenters. The van der Waals surface area contributed by atoms with E-state index >= 15 is 0 Å². The molecule has 9 heteroatoms. The molecule has 0 amide bonds. The topological polar surface area (TPSA) is 127 Å². The number of aliphatic carboxylic acids is 1. The lowest BCUT2D eigenvalue weighted by Crippen LogP contribution is -2.29. The smallest absolute Gasteiger partial charge is 0.323 e. The van der Waals surface area contributed by atoms with Crippen LogP contribution in [0.4, 0.5) is 17.1 Å². The molecular formula is C15H13N3O6. The number of carboxylic acids is 1. The molecule has 0 heterocycles. The molecular weight excluding hydrogens is 318 g/mol. The summed E-state index contributed by atoms with van der Waals surface area (Å²) in [5.41, 5.74) is 0.0418. The van der Waals surface area contributed by atoms with Crippen LogP contribution in [-0.4, -0.2) is 27.5 Å². The van der Waals surface area contributed by atoms with Crippen LogP contribution in [-0.2, 0) is 11.3 Å². The highest BCUT2D eigenvalue weighted by molar-refractivity contribution is 5.73. The number of carboxylic acid groups (broad SMARTS) is 1. The monoisotopic (exact) mass is 331 g/mol. The van der Waals surface area contributed by atoms with Gasteiger partial charge in [-0.3, -0.25) is 25.0 Å². The molecule has 24 heavy (non-hydrogen) atoms. The van der Waals surface area contributed by atoms with E-state index in [1.54, 1.807) is 30.3 Å². The Morgan fingerprint density at radius 3 is 2.00 bits per heavy atom. The van der Waals surface area contributed by atoms with Crippen molar-refractivity contribution in [2.75, 3.05) is 11.4 Å². The summed E-state index contributed by atoms with van der Waals surface area (Å²) in [6.45, 7) is -0.362. The number of anilines is 1. The van der Waals surface area contributed by atoms with Crippen LogP contribution in [0, 0.1) is 20.2 Å². The van der Waals surface area contributed by atoms with Crippen LogP contribution in [0.1, 0.15) is 5.56 Å². The first-order chi connectivity index (χ1) is 11.4. The molecule has 0 aliphatic heterocycles. The molecule has 124 valence electrons. The predicted octanol–water partition coefficient (Wildman–Crippen LogP) is 2.59. The van der Waals surface area contributed by atoms with E-state index in [9.17, 15) is 25.0 Å². The Kier molecular flexibility index (Phi) is 5.05. The number of hydrogen-bond donors (Lipinski definition) is 1. The van der Waals surface area contributed by atoms with E-state index in [0.29, 0.717) is 5.69 Å². The lowest BCUT2D eigenvalue weighted by molar-refractivity contribution is -0.394. The standard InChI is InChI=1S/C15H13N3O6/c19-15(20)10-16(12-4-2-1-3-5-12)9-11-6-13(17(21)22)8-14(7-11)18(23)24/h1-8H,9-10H2,(H,19,20). The Morgan fingerprint density at radius 2 is 1.54 bits per heavy atom. The van der Waals surface area contributed by atoms with E-state index < -0.39 is 27.2 Å². The summed E-state index contributed by atoms with van der Waals surface area (Å²) in [7, 11) is 0. The molecule has 0 fully saturated rings. The van der Waals surface area contributed by atoms with Gasteiger partial charge in [0.25, 0.3) is 11.4 Å². The average molecular weight is 331 g/mol. The molecule has 0 atom stereocenters. The van der Waals surface area contributed by atoms with Gasteiger partial charge in [0.1, 0.15) is 6.54 Å². The van der Waals surface area contributed by atoms with Crippen molar-refractivity contribution in [3.05, 3.63) is 74.3 Å². The molecule has 2 aromatic carbocycles. The Bertz CT molecular complexity index is 746. The Balaban J connectivity index is 2.39. The van der Waals surface area contributed by atoms with Crippen LogP contribution >= 0.6 is 0 Å². The maximum atomic E-state index is 11.1. The third kappa shape index (κ3) is 4.26. The quantitative estimate of drug-likeness (QED) is 0.610. The van der Waals surface area contributed by atoms with E-state index in [1.165, 1.54) is 17.0 Å². The molecule has 0 saturated carbocycles. The zero-order valence-electron chi connectivity index (χ0n) is 12.4. The minimum atomic E-state index is -1.08. The second-order valence-electron chi connectivity index (χ2n) is 4.96. The highest BCUT2D eigenvalue weighted by atomic mass is 16.6. The van der Waals surface area contributed by atoms with Crippen molar-refractivity contribution in [3.8, 4) is 0 Å². The van der Waals surface area contributed by atoms with E-state index in [-0.39, 0.29) is 18.7 Å². The third-order valence-corrected chi connectivity index (χ3v) is 3.20. The van der Waals surface area contributed by atoms with Gasteiger partial charge < -0.3 is 10.0 Å². The van der Waals surface area contributed by atoms with Gasteiger partial charge in [-0.1, -0.05) is 18.2 Å². The molecule has 1 N–H and O–H groups in total. The molecule has 0 aliphatic rings. The van der Waals surface area contributed by atoms with E-state index in [2.05, 4.69) is 0 Å². The van der Waals surface area contributed by atoms with E-state index in [4.69, 9.17) is 5.11 Å². The SMILES string of the molecule is O=C(O)CN(Cc1cc([N+](=O)[O-])cc([N+](=O)[O-])c1)c1ccccc1. The molecule has 0 aromatic heterocycles. The Labute approximate surface area is 136 Å². The van der Waals surface area contributed by atoms with Gasteiger partial charge in [0.05, 0.1) is 15.9 Å². The van der Waals surface area contributed by atoms with Crippen LogP contribution in [0.25, 0.3) is 0 Å². The van der Waals surface area contributed by atoms with Gasteiger partial charge in [0.2, 0.25) is 0 Å². The second kappa shape index (κ2) is 7.18. The summed E-state index contributed by atoms with van der Waals surface area (Å²) >= 11 is 0. The van der Waals surface area contributed by atoms with Gasteiger partial charge in [-0.15, -0.1) is 0 Å². The van der Waals surface area contributed by atoms with Gasteiger partial charge in [0, 0.05) is 24.4 Å². The van der Waals surface area contributed by atoms with Crippen molar-refractivity contribution in [1.82, 2.24) is 0 Å². The maximum absolute atomic E-state index is 11.1. The Morgan fingerprint density at radius 1 is 1.00 bits per heavy atom. The number of hydrogen-bond acceptors (Lipinski definition) is 6. The average Bonchev–Trinajstić information content (AvgIpc) is 2.54. The van der Waals surface area contributed by atoms with Crippen molar-refractivity contribution in [1.29, 1.82) is 0 Å². The first-order valence-corrected chi connectivity index (χ1v) is 6.81. The zero-order chi connectivity index (χ0) is 17.7. The van der Waals surface area contributed by atoms with Crippen molar-refractivity contribution >= 4 is 23.0 Å². The van der Waals surface area contributed by atoms with Crippen LogP contribution in [0.15, 0.2) is 48.5 Å². The first kappa shape index (κ1) is 16.9. The van der Waals surface area contributed by atoms with Crippen LogP contribution in [0.5, 0.6) is 0 Å². The first-order valence-electron chi connectivity index (χ1n) is 6.81. The maximum Gasteiger partial charge on any atom is 0.323 e. The molecule has 2 aromatic rings. The van der Waals surface area contributed by atoms with E-state index in [1.807, 2.05) is 0 Å². The molecule has 9 nitrogen and oxygen atoms in total. The fraction of sp³-hybridized carbons (Fsp3) is 0.133. The molecule has 0 saturated heterocycles. The highest BCUT2D eigenvalue weighted by Crippen LogP contribution is 2.25. The van der Waals surface area contributed by atoms with Gasteiger partial charge in [-0.05, 0) is 17.7 Å². The van der Waals surface area contributed by atoms with Crippen molar-refractivity contribution in [3.63, 3.8) is 0 Å². The van der Waals surface area contributed by atoms with Gasteiger partial charge in [0.15, 0.2) is 0 Å². The number of rotatable bonds is 7. The largest absolute Gasteiger partial charge is 0.480 e. The lowest BCUT2D eigenvalue weighted by Gasteiger charge is -2.22. The fourth-order valence-corrected chi connectivity index (χ4v) is 2.22. The number of para-hydroxylation sites is 1. The van der Waals surface area contributed by atoms with E-state index in [0.717, 1.165) is 6.07 Å². The van der Waals surface area contributed by atoms with Crippen LogP contribution in [0.3, 0.4) is 0 Å². The predicted molar refractivity (Wildman–Crippen MR) is 84.9 cm³/mol. The number of carbonyl (C=O) groups is 1. The summed E-state index contributed by atoms with van der Waals surface area (Å²) in [5, 5.41) is 30.9.